The van der Waals surface area contributed by atoms with Crippen LogP contribution in [0.3, 0.4) is 0 Å². The van der Waals surface area contributed by atoms with Crippen molar-refractivity contribution in [3.63, 3.8) is 0 Å². The molecule has 0 heterocycles. The second-order valence-electron chi connectivity index (χ2n) is 4.69. The maximum Gasteiger partial charge on any atom is 0.252 e. The summed E-state index contributed by atoms with van der Waals surface area (Å²) in [6.45, 7) is 1.93. The fraction of sp³-hybridized carbons (Fsp3) is 0.188. The van der Waals surface area contributed by atoms with Gasteiger partial charge >= 0.3 is 0 Å². The average Bonchev–Trinajstić information content (AvgIpc) is 2.42. The van der Waals surface area contributed by atoms with Gasteiger partial charge in [-0.25, -0.2) is 4.39 Å². The summed E-state index contributed by atoms with van der Waals surface area (Å²) >= 11 is 3.26. The van der Waals surface area contributed by atoms with E-state index in [1.54, 1.807) is 0 Å². The lowest BCUT2D eigenvalue weighted by molar-refractivity contribution is 0.0939. The first kappa shape index (κ1) is 14.7. The third kappa shape index (κ3) is 3.90. The highest BCUT2D eigenvalue weighted by Gasteiger charge is 2.14. The number of benzene rings is 2. The first-order valence-corrected chi connectivity index (χ1v) is 7.15. The van der Waals surface area contributed by atoms with Crippen molar-refractivity contribution in [1.29, 1.82) is 0 Å². The predicted octanol–water partition coefficient (Wildman–Crippen LogP) is 3.95. The lowest BCUT2D eigenvalue weighted by Crippen LogP contribution is -2.34. The van der Waals surface area contributed by atoms with Crippen molar-refractivity contribution < 1.29 is 9.18 Å². The molecule has 0 aliphatic carbocycles. The summed E-state index contributed by atoms with van der Waals surface area (Å²) in [6.07, 6.45) is 0.736. The molecule has 0 radical (unpaired) electrons. The Morgan fingerprint density at radius 1 is 1.25 bits per heavy atom. The SMILES string of the molecule is CC(Cc1ccccc1)NC(=O)c1cc(F)ccc1Br. The van der Waals surface area contributed by atoms with E-state index in [0.717, 1.165) is 12.0 Å². The quantitative estimate of drug-likeness (QED) is 0.900. The Hall–Kier alpha value is -1.68. The van der Waals surface area contributed by atoms with Crippen molar-refractivity contribution in [2.24, 2.45) is 0 Å². The number of rotatable bonds is 4. The monoisotopic (exact) mass is 335 g/mol. The van der Waals surface area contributed by atoms with Crippen LogP contribution in [0, 0.1) is 5.82 Å². The van der Waals surface area contributed by atoms with Crippen LogP contribution in [0.15, 0.2) is 53.0 Å². The van der Waals surface area contributed by atoms with Crippen molar-refractivity contribution in [3.8, 4) is 0 Å². The van der Waals surface area contributed by atoms with Gasteiger partial charge in [0.2, 0.25) is 0 Å². The molecular formula is C16H15BrFNO. The number of amides is 1. The van der Waals surface area contributed by atoms with Gasteiger partial charge in [-0.3, -0.25) is 4.79 Å². The summed E-state index contributed by atoms with van der Waals surface area (Å²) in [5.41, 5.74) is 1.46. The van der Waals surface area contributed by atoms with Gasteiger partial charge in [-0.1, -0.05) is 30.3 Å². The summed E-state index contributed by atoms with van der Waals surface area (Å²) in [4.78, 5) is 12.1. The maximum absolute atomic E-state index is 13.2. The molecule has 1 atom stereocenters. The fourth-order valence-electron chi connectivity index (χ4n) is 1.99. The zero-order valence-corrected chi connectivity index (χ0v) is 12.7. The van der Waals surface area contributed by atoms with Gasteiger partial charge < -0.3 is 5.32 Å². The maximum atomic E-state index is 13.2. The van der Waals surface area contributed by atoms with Crippen LogP contribution in [-0.4, -0.2) is 11.9 Å². The molecule has 104 valence electrons. The fourth-order valence-corrected chi connectivity index (χ4v) is 2.42. The summed E-state index contributed by atoms with van der Waals surface area (Å²) in [7, 11) is 0. The van der Waals surface area contributed by atoms with Crippen LogP contribution < -0.4 is 5.32 Å². The molecule has 1 N–H and O–H groups in total. The van der Waals surface area contributed by atoms with E-state index in [9.17, 15) is 9.18 Å². The molecule has 0 fully saturated rings. The molecule has 1 unspecified atom stereocenters. The number of carbonyl (C=O) groups is 1. The molecule has 2 nitrogen and oxygen atoms in total. The van der Waals surface area contributed by atoms with Gasteiger partial charge in [-0.15, -0.1) is 0 Å². The van der Waals surface area contributed by atoms with Gasteiger partial charge in [0.25, 0.3) is 5.91 Å². The van der Waals surface area contributed by atoms with E-state index in [1.807, 2.05) is 37.3 Å². The lowest BCUT2D eigenvalue weighted by Gasteiger charge is -2.14. The Morgan fingerprint density at radius 2 is 1.95 bits per heavy atom. The highest BCUT2D eigenvalue weighted by molar-refractivity contribution is 9.10. The minimum absolute atomic E-state index is 0.0277. The Morgan fingerprint density at radius 3 is 2.65 bits per heavy atom. The highest BCUT2D eigenvalue weighted by Crippen LogP contribution is 2.18. The number of nitrogens with one attached hydrogen (secondary N) is 1. The number of halogens is 2. The Kier molecular flexibility index (Phi) is 4.90. The molecule has 0 aliphatic heterocycles. The zero-order chi connectivity index (χ0) is 14.5. The van der Waals surface area contributed by atoms with E-state index in [2.05, 4.69) is 21.2 Å². The molecule has 4 heteroatoms. The van der Waals surface area contributed by atoms with Gasteiger partial charge in [0, 0.05) is 10.5 Å². The summed E-state index contributed by atoms with van der Waals surface area (Å²) in [6, 6.07) is 14.0. The molecule has 0 saturated heterocycles. The second kappa shape index (κ2) is 6.66. The van der Waals surface area contributed by atoms with E-state index in [0.29, 0.717) is 10.0 Å². The van der Waals surface area contributed by atoms with Crippen LogP contribution in [0.5, 0.6) is 0 Å². The van der Waals surface area contributed by atoms with Gasteiger partial charge in [-0.2, -0.15) is 0 Å². The first-order valence-electron chi connectivity index (χ1n) is 6.36. The van der Waals surface area contributed by atoms with Crippen LogP contribution in [-0.2, 0) is 6.42 Å². The molecule has 2 aromatic carbocycles. The molecule has 0 saturated carbocycles. The summed E-state index contributed by atoms with van der Waals surface area (Å²) < 4.78 is 13.8. The van der Waals surface area contributed by atoms with Gasteiger partial charge in [0.05, 0.1) is 5.56 Å². The van der Waals surface area contributed by atoms with Crippen LogP contribution in [0.1, 0.15) is 22.8 Å². The lowest BCUT2D eigenvalue weighted by atomic mass is 10.1. The van der Waals surface area contributed by atoms with Crippen LogP contribution in [0.4, 0.5) is 4.39 Å². The number of hydrogen-bond donors (Lipinski definition) is 1. The summed E-state index contributed by atoms with van der Waals surface area (Å²) in [5.74, 6) is -0.700. The average molecular weight is 336 g/mol. The van der Waals surface area contributed by atoms with Crippen molar-refractivity contribution in [2.75, 3.05) is 0 Å². The molecule has 2 aromatic rings. The van der Waals surface area contributed by atoms with Crippen LogP contribution in [0.25, 0.3) is 0 Å². The van der Waals surface area contributed by atoms with Crippen LogP contribution in [0.2, 0.25) is 0 Å². The molecule has 0 spiro atoms. The van der Waals surface area contributed by atoms with E-state index in [-0.39, 0.29) is 11.9 Å². The largest absolute Gasteiger partial charge is 0.349 e. The molecule has 0 aliphatic rings. The first-order chi connectivity index (χ1) is 9.56. The molecule has 0 bridgehead atoms. The molecule has 2 rings (SSSR count). The van der Waals surface area contributed by atoms with Crippen molar-refractivity contribution >= 4 is 21.8 Å². The highest BCUT2D eigenvalue weighted by atomic mass is 79.9. The topological polar surface area (TPSA) is 29.1 Å². The van der Waals surface area contributed by atoms with E-state index in [1.165, 1.54) is 18.2 Å². The van der Waals surface area contributed by atoms with Gasteiger partial charge in [-0.05, 0) is 53.0 Å². The minimum Gasteiger partial charge on any atom is -0.349 e. The number of hydrogen-bond acceptors (Lipinski definition) is 1. The third-order valence-corrected chi connectivity index (χ3v) is 3.63. The zero-order valence-electron chi connectivity index (χ0n) is 11.1. The van der Waals surface area contributed by atoms with Crippen LogP contribution >= 0.6 is 15.9 Å². The molecular weight excluding hydrogens is 321 g/mol. The molecule has 1 amide bonds. The van der Waals surface area contributed by atoms with E-state index >= 15 is 0 Å². The van der Waals surface area contributed by atoms with Crippen molar-refractivity contribution in [1.82, 2.24) is 5.32 Å². The Labute approximate surface area is 126 Å². The van der Waals surface area contributed by atoms with Gasteiger partial charge in [0.1, 0.15) is 5.82 Å². The Balaban J connectivity index is 2.02. The van der Waals surface area contributed by atoms with Gasteiger partial charge in [0.15, 0.2) is 0 Å². The predicted molar refractivity (Wildman–Crippen MR) is 81.2 cm³/mol. The standard InChI is InChI=1S/C16H15BrFNO/c1-11(9-12-5-3-2-4-6-12)19-16(20)14-10-13(18)7-8-15(14)17/h2-8,10-11H,9H2,1H3,(H,19,20). The van der Waals surface area contributed by atoms with E-state index < -0.39 is 5.82 Å². The third-order valence-electron chi connectivity index (χ3n) is 2.94. The van der Waals surface area contributed by atoms with E-state index in [4.69, 9.17) is 0 Å². The number of carbonyl (C=O) groups excluding carboxylic acids is 1. The summed E-state index contributed by atoms with van der Waals surface area (Å²) in [5, 5.41) is 2.88. The Bertz CT molecular complexity index is 601. The second-order valence-corrected chi connectivity index (χ2v) is 5.54. The minimum atomic E-state index is -0.422. The molecule has 20 heavy (non-hydrogen) atoms. The smallest absolute Gasteiger partial charge is 0.252 e. The van der Waals surface area contributed by atoms with Crippen molar-refractivity contribution in [2.45, 2.75) is 19.4 Å². The van der Waals surface area contributed by atoms with Crippen molar-refractivity contribution in [3.05, 3.63) is 69.9 Å². The molecule has 0 aromatic heterocycles. The normalized spacial score (nSPS) is 11.9.